The number of nitrogens with zero attached hydrogens (tertiary/aromatic N) is 1. The summed E-state index contributed by atoms with van der Waals surface area (Å²) in [6.07, 6.45) is 1.77. The van der Waals surface area contributed by atoms with Crippen LogP contribution in [0, 0.1) is 0 Å². The molecule has 3 rings (SSSR count). The summed E-state index contributed by atoms with van der Waals surface area (Å²) in [5, 5.41) is 3.35. The fraction of sp³-hybridized carbons (Fsp3) is 0.105. The van der Waals surface area contributed by atoms with Crippen molar-refractivity contribution in [1.29, 1.82) is 0 Å². The Morgan fingerprint density at radius 1 is 1.08 bits per heavy atom. The van der Waals surface area contributed by atoms with Crippen molar-refractivity contribution < 1.29 is 9.59 Å². The number of rotatable bonds is 5. The molecule has 0 bridgehead atoms. The van der Waals surface area contributed by atoms with Crippen molar-refractivity contribution in [2.24, 2.45) is 5.73 Å². The number of halogens is 1. The van der Waals surface area contributed by atoms with Gasteiger partial charge >= 0.3 is 0 Å². The third-order valence-electron chi connectivity index (χ3n) is 3.87. The number of nitrogens with one attached hydrogen (secondary N) is 1. The molecular weight excluding hydrogens is 398 g/mol. The number of anilines is 1. The largest absolute Gasteiger partial charge is 0.369 e. The monoisotopic (exact) mass is 413 g/mol. The smallest absolute Gasteiger partial charge is 0.244 e. The van der Waals surface area contributed by atoms with Crippen LogP contribution in [0.15, 0.2) is 64.0 Å². The highest BCUT2D eigenvalue weighted by Gasteiger charge is 2.08. The van der Waals surface area contributed by atoms with E-state index >= 15 is 0 Å². The van der Waals surface area contributed by atoms with Crippen LogP contribution in [-0.2, 0) is 22.6 Å². The summed E-state index contributed by atoms with van der Waals surface area (Å²) < 4.78 is 2.53. The van der Waals surface area contributed by atoms with Crippen LogP contribution < -0.4 is 16.5 Å². The maximum absolute atomic E-state index is 12.3. The Morgan fingerprint density at radius 2 is 1.81 bits per heavy atom. The number of pyridine rings is 1. The highest BCUT2D eigenvalue weighted by Crippen LogP contribution is 2.17. The molecule has 6 nitrogen and oxygen atoms in total. The third kappa shape index (κ3) is 4.18. The van der Waals surface area contributed by atoms with Gasteiger partial charge in [0.1, 0.15) is 6.54 Å². The lowest BCUT2D eigenvalue weighted by Crippen LogP contribution is -2.20. The van der Waals surface area contributed by atoms with E-state index in [1.165, 1.54) is 6.07 Å². The minimum atomic E-state index is -0.404. The lowest BCUT2D eigenvalue weighted by atomic mass is 10.1. The zero-order chi connectivity index (χ0) is 18.7. The zero-order valence-corrected chi connectivity index (χ0v) is 15.3. The standard InChI is InChI=1S/C19H16BrN3O3/c20-13-3-6-16-15(10-13)17(24)7-8-23(16)11-19(26)22-14-4-1-12(2-5-14)9-18(21)25/h1-8,10H,9,11H2,(H2,21,25)(H,22,26). The fourth-order valence-corrected chi connectivity index (χ4v) is 3.05. The van der Waals surface area contributed by atoms with Gasteiger partial charge < -0.3 is 15.6 Å². The van der Waals surface area contributed by atoms with Crippen LogP contribution in [-0.4, -0.2) is 16.4 Å². The van der Waals surface area contributed by atoms with E-state index in [9.17, 15) is 14.4 Å². The van der Waals surface area contributed by atoms with Crippen LogP contribution in [0.25, 0.3) is 10.9 Å². The van der Waals surface area contributed by atoms with Crippen LogP contribution in [0.3, 0.4) is 0 Å². The summed E-state index contributed by atoms with van der Waals surface area (Å²) in [6.45, 7) is 0.0709. The Bertz CT molecular complexity index is 1040. The average molecular weight is 414 g/mol. The summed E-state index contributed by atoms with van der Waals surface area (Å²) in [6, 6.07) is 13.7. The molecule has 1 heterocycles. The number of amides is 2. The zero-order valence-electron chi connectivity index (χ0n) is 13.7. The molecule has 132 valence electrons. The van der Waals surface area contributed by atoms with Gasteiger partial charge in [0.2, 0.25) is 11.8 Å². The summed E-state index contributed by atoms with van der Waals surface area (Å²) in [5.41, 5.74) is 7.16. The minimum Gasteiger partial charge on any atom is -0.369 e. The number of hydrogen-bond donors (Lipinski definition) is 2. The van der Waals surface area contributed by atoms with Crippen LogP contribution in [0.1, 0.15) is 5.56 Å². The van der Waals surface area contributed by atoms with Crippen molar-refractivity contribution in [3.63, 3.8) is 0 Å². The summed E-state index contributed by atoms with van der Waals surface area (Å²) in [4.78, 5) is 35.3. The summed E-state index contributed by atoms with van der Waals surface area (Å²) in [7, 11) is 0. The second kappa shape index (κ2) is 7.53. The number of benzene rings is 2. The molecule has 3 N–H and O–H groups in total. The molecule has 2 aromatic carbocycles. The molecule has 0 saturated carbocycles. The number of nitrogens with two attached hydrogens (primary N) is 1. The van der Waals surface area contributed by atoms with Gasteiger partial charge in [0, 0.05) is 27.8 Å². The van der Waals surface area contributed by atoms with Gasteiger partial charge in [-0.25, -0.2) is 0 Å². The number of hydrogen-bond acceptors (Lipinski definition) is 3. The van der Waals surface area contributed by atoms with Gasteiger partial charge in [0.25, 0.3) is 0 Å². The summed E-state index contributed by atoms with van der Waals surface area (Å²) >= 11 is 3.35. The molecule has 1 aromatic heterocycles. The number of fused-ring (bicyclic) bond motifs is 1. The fourth-order valence-electron chi connectivity index (χ4n) is 2.68. The molecule has 3 aromatic rings. The van der Waals surface area contributed by atoms with Crippen molar-refractivity contribution in [3.05, 3.63) is 75.0 Å². The molecule has 0 spiro atoms. The van der Waals surface area contributed by atoms with E-state index in [4.69, 9.17) is 5.73 Å². The number of primary amides is 1. The van der Waals surface area contributed by atoms with Gasteiger partial charge in [-0.15, -0.1) is 0 Å². The van der Waals surface area contributed by atoms with E-state index in [0.717, 1.165) is 10.0 Å². The van der Waals surface area contributed by atoms with Crippen molar-refractivity contribution in [2.75, 3.05) is 5.32 Å². The van der Waals surface area contributed by atoms with E-state index in [1.807, 2.05) is 6.07 Å². The molecule has 0 radical (unpaired) electrons. The van der Waals surface area contributed by atoms with E-state index in [1.54, 1.807) is 47.2 Å². The first-order valence-electron chi connectivity index (χ1n) is 7.88. The highest BCUT2D eigenvalue weighted by atomic mass is 79.9. The molecule has 0 atom stereocenters. The number of aromatic nitrogens is 1. The maximum Gasteiger partial charge on any atom is 0.244 e. The normalized spacial score (nSPS) is 10.7. The van der Waals surface area contributed by atoms with Gasteiger partial charge in [-0.2, -0.15) is 0 Å². The molecule has 0 aliphatic rings. The molecule has 7 heteroatoms. The SMILES string of the molecule is NC(=O)Cc1ccc(NC(=O)Cn2ccc(=O)c3cc(Br)ccc32)cc1. The van der Waals surface area contributed by atoms with Crippen LogP contribution in [0.2, 0.25) is 0 Å². The molecular formula is C19H16BrN3O3. The van der Waals surface area contributed by atoms with Crippen LogP contribution in [0.5, 0.6) is 0 Å². The van der Waals surface area contributed by atoms with Crippen molar-refractivity contribution >= 4 is 44.3 Å². The second-order valence-electron chi connectivity index (χ2n) is 5.86. The third-order valence-corrected chi connectivity index (χ3v) is 4.36. The Morgan fingerprint density at radius 3 is 2.50 bits per heavy atom. The molecule has 26 heavy (non-hydrogen) atoms. The molecule has 0 saturated heterocycles. The highest BCUT2D eigenvalue weighted by molar-refractivity contribution is 9.10. The Labute approximate surface area is 157 Å². The van der Waals surface area contributed by atoms with Gasteiger partial charge in [-0.1, -0.05) is 28.1 Å². The molecule has 0 aliphatic heterocycles. The first kappa shape index (κ1) is 17.9. The van der Waals surface area contributed by atoms with E-state index in [2.05, 4.69) is 21.2 Å². The van der Waals surface area contributed by atoms with E-state index in [-0.39, 0.29) is 24.3 Å². The topological polar surface area (TPSA) is 94.2 Å². The lowest BCUT2D eigenvalue weighted by molar-refractivity contribution is -0.118. The Kier molecular flexibility index (Phi) is 5.18. The van der Waals surface area contributed by atoms with Gasteiger partial charge in [0.15, 0.2) is 5.43 Å². The Balaban J connectivity index is 1.76. The first-order valence-corrected chi connectivity index (χ1v) is 8.67. The van der Waals surface area contributed by atoms with E-state index < -0.39 is 5.91 Å². The molecule has 0 aliphatic carbocycles. The maximum atomic E-state index is 12.3. The van der Waals surface area contributed by atoms with Crippen molar-refractivity contribution in [3.8, 4) is 0 Å². The predicted octanol–water partition coefficient (Wildman–Crippen LogP) is 2.43. The quantitative estimate of drug-likeness (QED) is 0.672. The van der Waals surface area contributed by atoms with Gasteiger partial charge in [-0.3, -0.25) is 14.4 Å². The van der Waals surface area contributed by atoms with Crippen molar-refractivity contribution in [2.45, 2.75) is 13.0 Å². The predicted molar refractivity (Wildman–Crippen MR) is 104 cm³/mol. The van der Waals surface area contributed by atoms with E-state index in [0.29, 0.717) is 16.6 Å². The average Bonchev–Trinajstić information content (AvgIpc) is 2.59. The van der Waals surface area contributed by atoms with Crippen LogP contribution >= 0.6 is 15.9 Å². The summed E-state index contributed by atoms with van der Waals surface area (Å²) in [5.74, 6) is -0.626. The number of carbonyl (C=O) groups is 2. The lowest BCUT2D eigenvalue weighted by Gasteiger charge is -2.11. The molecule has 0 unspecified atom stereocenters. The molecule has 2 amide bonds. The number of carbonyl (C=O) groups excluding carboxylic acids is 2. The first-order chi connectivity index (χ1) is 12.4. The van der Waals surface area contributed by atoms with Gasteiger partial charge in [-0.05, 0) is 35.9 Å². The van der Waals surface area contributed by atoms with Crippen molar-refractivity contribution in [1.82, 2.24) is 4.57 Å². The molecule has 0 fully saturated rings. The van der Waals surface area contributed by atoms with Crippen LogP contribution in [0.4, 0.5) is 5.69 Å². The van der Waals surface area contributed by atoms with Gasteiger partial charge in [0.05, 0.1) is 11.9 Å². The minimum absolute atomic E-state index is 0.0709. The Hall–Kier alpha value is -2.93. The second-order valence-corrected chi connectivity index (χ2v) is 6.77.